The zero-order valence-electron chi connectivity index (χ0n) is 13.4. The van der Waals surface area contributed by atoms with Gasteiger partial charge in [0.25, 0.3) is 0 Å². The second-order valence-corrected chi connectivity index (χ2v) is 5.76. The molecule has 1 aromatic carbocycles. The average molecular weight is 270 g/mol. The summed E-state index contributed by atoms with van der Waals surface area (Å²) in [4.78, 5) is 0. The van der Waals surface area contributed by atoms with E-state index in [0.717, 1.165) is 12.0 Å². The van der Waals surface area contributed by atoms with E-state index in [1.807, 2.05) is 0 Å². The summed E-state index contributed by atoms with van der Waals surface area (Å²) in [6.07, 6.45) is 18.4. The minimum atomic E-state index is 1.12. The second-order valence-electron chi connectivity index (χ2n) is 5.76. The summed E-state index contributed by atoms with van der Waals surface area (Å²) in [6, 6.07) is 6.78. The summed E-state index contributed by atoms with van der Waals surface area (Å²) in [5, 5.41) is 0. The van der Waals surface area contributed by atoms with Crippen LogP contribution in [0.15, 0.2) is 18.2 Å². The van der Waals surface area contributed by atoms with E-state index in [1.165, 1.54) is 68.9 Å². The fourth-order valence-electron chi connectivity index (χ4n) is 2.63. The Morgan fingerprint density at radius 3 is 2.10 bits per heavy atom. The van der Waals surface area contributed by atoms with Gasteiger partial charge in [0, 0.05) is 5.56 Å². The summed E-state index contributed by atoms with van der Waals surface area (Å²) in [5.74, 6) is 2.88. The van der Waals surface area contributed by atoms with Crippen LogP contribution >= 0.6 is 0 Å². The molecule has 0 radical (unpaired) electrons. The molecule has 0 nitrogen and oxygen atoms in total. The molecule has 0 spiro atoms. The Balaban J connectivity index is 2.50. The highest BCUT2D eigenvalue weighted by molar-refractivity contribution is 5.42. The normalized spacial score (nSPS) is 10.4. The standard InChI is InChI=1S/C20H30/c1-4-7-9-11-13-18-15-16-20(19(6-3)17-18)14-12-10-8-5-2/h3,15-17H,4-5,7-14H2,1-2H3. The van der Waals surface area contributed by atoms with Crippen molar-refractivity contribution in [1.29, 1.82) is 0 Å². The quantitative estimate of drug-likeness (QED) is 0.366. The van der Waals surface area contributed by atoms with E-state index in [-0.39, 0.29) is 0 Å². The minimum absolute atomic E-state index is 1.12. The third-order valence-corrected chi connectivity index (χ3v) is 3.95. The lowest BCUT2D eigenvalue weighted by molar-refractivity contribution is 0.663. The Morgan fingerprint density at radius 1 is 0.850 bits per heavy atom. The van der Waals surface area contributed by atoms with E-state index >= 15 is 0 Å². The van der Waals surface area contributed by atoms with Gasteiger partial charge >= 0.3 is 0 Å². The van der Waals surface area contributed by atoms with Gasteiger partial charge in [-0.2, -0.15) is 0 Å². The monoisotopic (exact) mass is 270 g/mol. The van der Waals surface area contributed by atoms with Crippen LogP contribution in [0.5, 0.6) is 0 Å². The van der Waals surface area contributed by atoms with Crippen LogP contribution < -0.4 is 0 Å². The largest absolute Gasteiger partial charge is 0.115 e. The maximum Gasteiger partial charge on any atom is 0.0277 e. The van der Waals surface area contributed by atoms with Crippen molar-refractivity contribution in [2.24, 2.45) is 0 Å². The summed E-state index contributed by atoms with van der Waals surface area (Å²) < 4.78 is 0. The topological polar surface area (TPSA) is 0 Å². The first-order chi connectivity index (χ1) is 9.81. The highest BCUT2D eigenvalue weighted by Gasteiger charge is 2.02. The van der Waals surface area contributed by atoms with Crippen molar-refractivity contribution in [3.05, 3.63) is 34.9 Å². The summed E-state index contributed by atoms with van der Waals surface area (Å²) in [5.41, 5.74) is 3.89. The fourth-order valence-corrected chi connectivity index (χ4v) is 2.63. The number of rotatable bonds is 10. The van der Waals surface area contributed by atoms with Gasteiger partial charge in [0.15, 0.2) is 0 Å². The van der Waals surface area contributed by atoms with Gasteiger partial charge in [0.05, 0.1) is 0 Å². The van der Waals surface area contributed by atoms with Crippen molar-refractivity contribution < 1.29 is 0 Å². The zero-order valence-corrected chi connectivity index (χ0v) is 13.4. The molecule has 1 aromatic rings. The molecule has 0 aliphatic carbocycles. The smallest absolute Gasteiger partial charge is 0.0277 e. The molecule has 0 aliphatic heterocycles. The maximum absolute atomic E-state index is 5.68. The molecule has 0 amide bonds. The third-order valence-electron chi connectivity index (χ3n) is 3.95. The number of hydrogen-bond acceptors (Lipinski definition) is 0. The molecule has 0 heterocycles. The van der Waals surface area contributed by atoms with E-state index in [9.17, 15) is 0 Å². The molecular formula is C20H30. The van der Waals surface area contributed by atoms with Crippen LogP contribution in [0.4, 0.5) is 0 Å². The number of benzene rings is 1. The van der Waals surface area contributed by atoms with Gasteiger partial charge < -0.3 is 0 Å². The molecule has 20 heavy (non-hydrogen) atoms. The summed E-state index contributed by atoms with van der Waals surface area (Å²) in [7, 11) is 0. The van der Waals surface area contributed by atoms with Crippen molar-refractivity contribution in [3.63, 3.8) is 0 Å². The zero-order chi connectivity index (χ0) is 14.6. The molecule has 0 saturated carbocycles. The lowest BCUT2D eigenvalue weighted by atomic mass is 9.97. The number of terminal acetylenes is 1. The van der Waals surface area contributed by atoms with Crippen molar-refractivity contribution in [3.8, 4) is 12.3 Å². The van der Waals surface area contributed by atoms with Crippen LogP contribution in [-0.2, 0) is 12.8 Å². The number of unbranched alkanes of at least 4 members (excludes halogenated alkanes) is 6. The van der Waals surface area contributed by atoms with Gasteiger partial charge in [0.2, 0.25) is 0 Å². The molecule has 0 heteroatoms. The summed E-state index contributed by atoms with van der Waals surface area (Å²) in [6.45, 7) is 4.50. The molecule has 0 unspecified atom stereocenters. The van der Waals surface area contributed by atoms with Crippen LogP contribution in [0.3, 0.4) is 0 Å². The lowest BCUT2D eigenvalue weighted by Crippen LogP contribution is -1.94. The molecule has 1 rings (SSSR count). The minimum Gasteiger partial charge on any atom is -0.115 e. The lowest BCUT2D eigenvalue weighted by Gasteiger charge is -2.08. The van der Waals surface area contributed by atoms with Crippen molar-refractivity contribution in [2.45, 2.75) is 78.1 Å². The Morgan fingerprint density at radius 2 is 1.50 bits per heavy atom. The molecule has 0 fully saturated rings. The highest BCUT2D eigenvalue weighted by Crippen LogP contribution is 2.17. The summed E-state index contributed by atoms with van der Waals surface area (Å²) >= 11 is 0. The molecule has 0 N–H and O–H groups in total. The van der Waals surface area contributed by atoms with E-state index in [1.54, 1.807) is 0 Å². The first-order valence-corrected chi connectivity index (χ1v) is 8.40. The van der Waals surface area contributed by atoms with Crippen LogP contribution in [0.25, 0.3) is 0 Å². The van der Waals surface area contributed by atoms with Crippen LogP contribution in [0, 0.1) is 12.3 Å². The average Bonchev–Trinajstić information content (AvgIpc) is 2.49. The number of aryl methyl sites for hydroxylation is 2. The Bertz CT molecular complexity index is 409. The first kappa shape index (κ1) is 16.8. The van der Waals surface area contributed by atoms with Crippen LogP contribution in [0.1, 0.15) is 81.9 Å². The van der Waals surface area contributed by atoms with Gasteiger partial charge in [-0.1, -0.05) is 70.4 Å². The van der Waals surface area contributed by atoms with Gasteiger partial charge in [-0.25, -0.2) is 0 Å². The van der Waals surface area contributed by atoms with Crippen LogP contribution in [0.2, 0.25) is 0 Å². The SMILES string of the molecule is C#Cc1cc(CCCCCC)ccc1CCCCCC. The van der Waals surface area contributed by atoms with Crippen molar-refractivity contribution >= 4 is 0 Å². The highest BCUT2D eigenvalue weighted by atomic mass is 14.1. The van der Waals surface area contributed by atoms with E-state index in [2.05, 4.69) is 38.0 Å². The van der Waals surface area contributed by atoms with E-state index in [0.29, 0.717) is 0 Å². The molecule has 0 atom stereocenters. The van der Waals surface area contributed by atoms with Gasteiger partial charge in [-0.15, -0.1) is 6.42 Å². The molecular weight excluding hydrogens is 240 g/mol. The Labute approximate surface area is 126 Å². The second kappa shape index (κ2) is 10.6. The van der Waals surface area contributed by atoms with Gasteiger partial charge in [0.1, 0.15) is 0 Å². The predicted octanol–water partition coefficient (Wildman–Crippen LogP) is 5.91. The predicted molar refractivity (Wildman–Crippen MR) is 90.1 cm³/mol. The van der Waals surface area contributed by atoms with Crippen LogP contribution in [-0.4, -0.2) is 0 Å². The fraction of sp³-hybridized carbons (Fsp3) is 0.600. The first-order valence-electron chi connectivity index (χ1n) is 8.40. The Hall–Kier alpha value is -1.22. The van der Waals surface area contributed by atoms with Gasteiger partial charge in [-0.3, -0.25) is 0 Å². The van der Waals surface area contributed by atoms with E-state index in [4.69, 9.17) is 6.42 Å². The molecule has 0 aromatic heterocycles. The maximum atomic E-state index is 5.68. The molecule has 110 valence electrons. The molecule has 0 bridgehead atoms. The molecule has 0 saturated heterocycles. The third kappa shape index (κ3) is 6.29. The molecule has 0 aliphatic rings. The Kier molecular flexibility index (Phi) is 8.88. The van der Waals surface area contributed by atoms with Gasteiger partial charge in [-0.05, 0) is 42.9 Å². The number of hydrogen-bond donors (Lipinski definition) is 0. The van der Waals surface area contributed by atoms with E-state index < -0.39 is 0 Å². The van der Waals surface area contributed by atoms with Crippen molar-refractivity contribution in [2.75, 3.05) is 0 Å². The van der Waals surface area contributed by atoms with Crippen molar-refractivity contribution in [1.82, 2.24) is 0 Å².